The van der Waals surface area contributed by atoms with Gasteiger partial charge in [0, 0.05) is 18.0 Å². The number of nitrogens with one attached hydrogen (secondary N) is 1. The Morgan fingerprint density at radius 3 is 2.76 bits per heavy atom. The highest BCUT2D eigenvalue weighted by Crippen LogP contribution is 2.19. The van der Waals surface area contributed by atoms with Crippen LogP contribution >= 0.6 is 11.3 Å². The van der Waals surface area contributed by atoms with Crippen molar-refractivity contribution in [3.63, 3.8) is 0 Å². The van der Waals surface area contributed by atoms with Crippen LogP contribution in [0.5, 0.6) is 0 Å². The topological polar surface area (TPSA) is 58.6 Å². The van der Waals surface area contributed by atoms with Crippen molar-refractivity contribution in [1.29, 1.82) is 0 Å². The van der Waals surface area contributed by atoms with E-state index in [2.05, 4.69) is 4.72 Å². The first kappa shape index (κ1) is 13.0. The minimum absolute atomic E-state index is 0.192. The van der Waals surface area contributed by atoms with E-state index in [0.717, 1.165) is 4.88 Å². The fraction of sp³-hybridized carbons (Fsp3) is 0.600. The van der Waals surface area contributed by atoms with E-state index in [9.17, 15) is 8.42 Å². The van der Waals surface area contributed by atoms with Gasteiger partial charge in [0.15, 0.2) is 0 Å². The highest BCUT2D eigenvalue weighted by molar-refractivity contribution is 7.87. The Labute approximate surface area is 106 Å². The maximum Gasteiger partial charge on any atom is 0.280 e. The van der Waals surface area contributed by atoms with Crippen LogP contribution in [0.1, 0.15) is 17.8 Å². The summed E-state index contributed by atoms with van der Waals surface area (Å²) in [7, 11) is -3.40. The van der Waals surface area contributed by atoms with Gasteiger partial charge in [0.05, 0.1) is 19.3 Å². The third-order valence-corrected chi connectivity index (χ3v) is 5.36. The number of hydrogen-bond donors (Lipinski definition) is 1. The molecular formula is C10H16N2O3S2. The molecule has 0 radical (unpaired) electrons. The van der Waals surface area contributed by atoms with E-state index in [-0.39, 0.29) is 6.04 Å². The van der Waals surface area contributed by atoms with E-state index in [1.165, 1.54) is 4.31 Å². The average Bonchev–Trinajstić information content (AvgIpc) is 2.83. The zero-order valence-corrected chi connectivity index (χ0v) is 11.3. The van der Waals surface area contributed by atoms with Gasteiger partial charge in [-0.3, -0.25) is 0 Å². The summed E-state index contributed by atoms with van der Waals surface area (Å²) in [5, 5.41) is 1.94. The molecule has 1 unspecified atom stereocenters. The van der Waals surface area contributed by atoms with Crippen molar-refractivity contribution >= 4 is 21.5 Å². The normalized spacial score (nSPS) is 20.3. The molecule has 0 bridgehead atoms. The fourth-order valence-electron chi connectivity index (χ4n) is 1.68. The molecule has 1 N–H and O–H groups in total. The maximum atomic E-state index is 12.1. The summed E-state index contributed by atoms with van der Waals surface area (Å²) in [5.74, 6) is 0. The summed E-state index contributed by atoms with van der Waals surface area (Å²) in [6.07, 6.45) is 0. The van der Waals surface area contributed by atoms with Crippen LogP contribution in [0.15, 0.2) is 17.5 Å². The van der Waals surface area contributed by atoms with Gasteiger partial charge in [-0.05, 0) is 18.4 Å². The van der Waals surface area contributed by atoms with Crippen molar-refractivity contribution in [2.45, 2.75) is 13.0 Å². The summed E-state index contributed by atoms with van der Waals surface area (Å²) < 4.78 is 33.4. The molecule has 2 rings (SSSR count). The summed E-state index contributed by atoms with van der Waals surface area (Å²) in [4.78, 5) is 1.02. The molecule has 0 aromatic carbocycles. The first-order valence-corrected chi connectivity index (χ1v) is 7.80. The molecule has 1 aliphatic rings. The van der Waals surface area contributed by atoms with Crippen LogP contribution in [-0.4, -0.2) is 39.0 Å². The van der Waals surface area contributed by atoms with Crippen molar-refractivity contribution in [3.05, 3.63) is 22.4 Å². The fourth-order valence-corrected chi connectivity index (χ4v) is 3.84. The first-order valence-electron chi connectivity index (χ1n) is 5.48. The van der Waals surface area contributed by atoms with Gasteiger partial charge in [-0.25, -0.2) is 0 Å². The molecule has 5 nitrogen and oxygen atoms in total. The van der Waals surface area contributed by atoms with E-state index < -0.39 is 10.2 Å². The molecular weight excluding hydrogens is 260 g/mol. The Morgan fingerprint density at radius 2 is 2.18 bits per heavy atom. The van der Waals surface area contributed by atoms with Gasteiger partial charge in [-0.1, -0.05) is 6.07 Å². The number of ether oxygens (including phenoxy) is 1. The summed E-state index contributed by atoms with van der Waals surface area (Å²) in [6, 6.07) is 3.65. The smallest absolute Gasteiger partial charge is 0.280 e. The van der Waals surface area contributed by atoms with Crippen LogP contribution in [0.4, 0.5) is 0 Å². The van der Waals surface area contributed by atoms with Gasteiger partial charge in [0.2, 0.25) is 0 Å². The van der Waals surface area contributed by atoms with Crippen LogP contribution in [0.3, 0.4) is 0 Å². The highest BCUT2D eigenvalue weighted by Gasteiger charge is 2.26. The molecule has 1 aromatic heterocycles. The Bertz CT molecular complexity index is 438. The van der Waals surface area contributed by atoms with Crippen LogP contribution in [0.2, 0.25) is 0 Å². The molecule has 0 saturated carbocycles. The number of rotatable bonds is 4. The van der Waals surface area contributed by atoms with Crippen molar-refractivity contribution in [2.75, 3.05) is 26.3 Å². The van der Waals surface area contributed by atoms with E-state index in [1.54, 1.807) is 11.3 Å². The predicted octanol–water partition coefficient (Wildman–Crippen LogP) is 0.976. The van der Waals surface area contributed by atoms with Gasteiger partial charge in [0.25, 0.3) is 10.2 Å². The second-order valence-electron chi connectivity index (χ2n) is 3.87. The summed E-state index contributed by atoms with van der Waals surface area (Å²) in [6.45, 7) is 3.63. The zero-order chi connectivity index (χ0) is 12.3. The van der Waals surface area contributed by atoms with Gasteiger partial charge in [-0.2, -0.15) is 17.4 Å². The van der Waals surface area contributed by atoms with Crippen molar-refractivity contribution in [3.8, 4) is 0 Å². The lowest BCUT2D eigenvalue weighted by atomic mass is 10.3. The third kappa shape index (κ3) is 3.26. The van der Waals surface area contributed by atoms with Gasteiger partial charge < -0.3 is 4.74 Å². The predicted molar refractivity (Wildman–Crippen MR) is 67.2 cm³/mol. The van der Waals surface area contributed by atoms with Crippen LogP contribution in [0.25, 0.3) is 0 Å². The Morgan fingerprint density at radius 1 is 1.47 bits per heavy atom. The number of nitrogens with zero attached hydrogens (tertiary/aromatic N) is 1. The van der Waals surface area contributed by atoms with Crippen molar-refractivity contribution in [1.82, 2.24) is 9.03 Å². The van der Waals surface area contributed by atoms with Crippen molar-refractivity contribution < 1.29 is 13.2 Å². The molecule has 96 valence electrons. The van der Waals surface area contributed by atoms with Crippen LogP contribution in [-0.2, 0) is 14.9 Å². The molecule has 7 heteroatoms. The van der Waals surface area contributed by atoms with E-state index in [1.807, 2.05) is 24.4 Å². The van der Waals surface area contributed by atoms with Crippen molar-refractivity contribution in [2.24, 2.45) is 0 Å². The van der Waals surface area contributed by atoms with Gasteiger partial charge in [-0.15, -0.1) is 11.3 Å². The minimum atomic E-state index is -3.40. The maximum absolute atomic E-state index is 12.1. The summed E-state index contributed by atoms with van der Waals surface area (Å²) >= 11 is 1.55. The molecule has 1 atom stereocenters. The highest BCUT2D eigenvalue weighted by atomic mass is 32.2. The molecule has 1 fully saturated rings. The monoisotopic (exact) mass is 276 g/mol. The molecule has 0 amide bonds. The van der Waals surface area contributed by atoms with Gasteiger partial charge >= 0.3 is 0 Å². The average molecular weight is 276 g/mol. The Balaban J connectivity index is 2.01. The second kappa shape index (κ2) is 5.45. The molecule has 2 heterocycles. The number of morpholine rings is 1. The molecule has 1 aromatic rings. The second-order valence-corrected chi connectivity index (χ2v) is 6.55. The lowest BCUT2D eigenvalue weighted by molar-refractivity contribution is 0.0723. The lowest BCUT2D eigenvalue weighted by Gasteiger charge is -2.27. The summed E-state index contributed by atoms with van der Waals surface area (Å²) in [5.41, 5.74) is 0. The lowest BCUT2D eigenvalue weighted by Crippen LogP contribution is -2.47. The first-order chi connectivity index (χ1) is 8.09. The Kier molecular flexibility index (Phi) is 4.16. The van der Waals surface area contributed by atoms with E-state index in [4.69, 9.17) is 4.74 Å². The number of hydrogen-bond acceptors (Lipinski definition) is 4. The third-order valence-electron chi connectivity index (χ3n) is 2.61. The molecule has 0 spiro atoms. The molecule has 1 saturated heterocycles. The standard InChI is InChI=1S/C10H16N2O3S2/c1-9(10-3-2-8-16-10)11-17(13,14)12-4-6-15-7-5-12/h2-3,8-9,11H,4-7H2,1H3. The minimum Gasteiger partial charge on any atom is -0.379 e. The Hall–Kier alpha value is -0.470. The van der Waals surface area contributed by atoms with Gasteiger partial charge in [0.1, 0.15) is 0 Å². The molecule has 17 heavy (non-hydrogen) atoms. The zero-order valence-electron chi connectivity index (χ0n) is 9.63. The van der Waals surface area contributed by atoms with Crippen LogP contribution < -0.4 is 4.72 Å². The van der Waals surface area contributed by atoms with E-state index >= 15 is 0 Å². The molecule has 0 aliphatic carbocycles. The van der Waals surface area contributed by atoms with E-state index in [0.29, 0.717) is 26.3 Å². The SMILES string of the molecule is CC(NS(=O)(=O)N1CCOCC1)c1cccs1. The molecule has 1 aliphatic heterocycles. The number of thiophene rings is 1. The van der Waals surface area contributed by atoms with Crippen LogP contribution in [0, 0.1) is 0 Å². The quantitative estimate of drug-likeness (QED) is 0.891. The largest absolute Gasteiger partial charge is 0.379 e.